The van der Waals surface area contributed by atoms with Crippen molar-refractivity contribution in [2.24, 2.45) is 0 Å². The molecule has 0 amide bonds. The fourth-order valence-corrected chi connectivity index (χ4v) is 3.06. The molecule has 0 spiro atoms. The Bertz CT molecular complexity index is 522. The fourth-order valence-electron chi connectivity index (χ4n) is 1.97. The van der Waals surface area contributed by atoms with Crippen LogP contribution in [-0.4, -0.2) is 17.0 Å². The van der Waals surface area contributed by atoms with E-state index in [1.165, 1.54) is 16.0 Å². The molecule has 2 aromatic rings. The Morgan fingerprint density at radius 3 is 2.20 bits per heavy atom. The molecule has 1 nitrogen and oxygen atoms in total. The van der Waals surface area contributed by atoms with Crippen molar-refractivity contribution in [1.82, 2.24) is 0 Å². The number of hydrogen-bond acceptors (Lipinski definition) is 2. The molecule has 1 atom stereocenters. The lowest BCUT2D eigenvalue weighted by Gasteiger charge is -2.11. The first kappa shape index (κ1) is 15.6. The maximum atomic E-state index is 10.1. The lowest BCUT2D eigenvalue weighted by Crippen LogP contribution is -2.13. The Hall–Kier alpha value is -0.770. The highest BCUT2D eigenvalue weighted by Crippen LogP contribution is 2.22. The lowest BCUT2D eigenvalue weighted by atomic mass is 10.1. The molecule has 2 aromatic carbocycles. The molecular formula is C17H19BrOS. The molecule has 0 radical (unpaired) electrons. The third kappa shape index (κ3) is 4.97. The van der Waals surface area contributed by atoms with Gasteiger partial charge in [-0.05, 0) is 48.2 Å². The normalized spacial score (nSPS) is 12.3. The van der Waals surface area contributed by atoms with Gasteiger partial charge in [-0.3, -0.25) is 0 Å². The number of thioether (sulfide) groups is 1. The summed E-state index contributed by atoms with van der Waals surface area (Å²) < 4.78 is 1.08. The van der Waals surface area contributed by atoms with E-state index in [1.807, 2.05) is 12.1 Å². The molecule has 0 aliphatic carbocycles. The molecule has 0 aliphatic heterocycles. The molecule has 0 saturated carbocycles. The average Bonchev–Trinajstić information content (AvgIpc) is 2.47. The van der Waals surface area contributed by atoms with Crippen LogP contribution >= 0.6 is 27.7 Å². The van der Waals surface area contributed by atoms with Gasteiger partial charge in [0.25, 0.3) is 0 Å². The van der Waals surface area contributed by atoms with Gasteiger partial charge in [0.15, 0.2) is 0 Å². The van der Waals surface area contributed by atoms with Gasteiger partial charge in [0.05, 0.1) is 6.10 Å². The van der Waals surface area contributed by atoms with Gasteiger partial charge < -0.3 is 5.11 Å². The molecule has 0 fully saturated rings. The van der Waals surface area contributed by atoms with Crippen LogP contribution < -0.4 is 0 Å². The van der Waals surface area contributed by atoms with Gasteiger partial charge in [-0.2, -0.15) is 0 Å². The lowest BCUT2D eigenvalue weighted by molar-refractivity contribution is 0.200. The predicted molar refractivity (Wildman–Crippen MR) is 90.4 cm³/mol. The quantitative estimate of drug-likeness (QED) is 0.761. The molecule has 1 unspecified atom stereocenters. The molecule has 2 rings (SSSR count). The van der Waals surface area contributed by atoms with Gasteiger partial charge in [0.1, 0.15) is 0 Å². The monoisotopic (exact) mass is 350 g/mol. The Labute approximate surface area is 133 Å². The summed E-state index contributed by atoms with van der Waals surface area (Å²) in [5.74, 6) is 0.719. The standard InChI is InChI=1S/C17H19BrOS/c1-2-13-3-5-14(6-4-13)11-16(19)12-20-17-9-7-15(18)8-10-17/h3-10,16,19H,2,11-12H2,1H3. The average molecular weight is 351 g/mol. The van der Waals surface area contributed by atoms with Crippen molar-refractivity contribution in [2.75, 3.05) is 5.75 Å². The van der Waals surface area contributed by atoms with Crippen LogP contribution in [0.4, 0.5) is 0 Å². The number of aliphatic hydroxyl groups excluding tert-OH is 1. The van der Waals surface area contributed by atoms with E-state index in [4.69, 9.17) is 0 Å². The largest absolute Gasteiger partial charge is 0.392 e. The van der Waals surface area contributed by atoms with Crippen molar-refractivity contribution in [2.45, 2.75) is 30.8 Å². The highest BCUT2D eigenvalue weighted by molar-refractivity contribution is 9.10. The number of aryl methyl sites for hydroxylation is 1. The van der Waals surface area contributed by atoms with Gasteiger partial charge in [-0.25, -0.2) is 0 Å². The maximum absolute atomic E-state index is 10.1. The summed E-state index contributed by atoms with van der Waals surface area (Å²) in [4.78, 5) is 1.19. The zero-order valence-electron chi connectivity index (χ0n) is 11.6. The number of aliphatic hydroxyl groups is 1. The number of benzene rings is 2. The molecule has 20 heavy (non-hydrogen) atoms. The molecular weight excluding hydrogens is 332 g/mol. The van der Waals surface area contributed by atoms with Gasteiger partial charge >= 0.3 is 0 Å². The van der Waals surface area contributed by atoms with Crippen LogP contribution in [0.2, 0.25) is 0 Å². The van der Waals surface area contributed by atoms with Crippen LogP contribution in [0.5, 0.6) is 0 Å². The molecule has 106 valence electrons. The highest BCUT2D eigenvalue weighted by atomic mass is 79.9. The summed E-state index contributed by atoms with van der Waals surface area (Å²) >= 11 is 5.12. The summed E-state index contributed by atoms with van der Waals surface area (Å²) in [5.41, 5.74) is 2.54. The summed E-state index contributed by atoms with van der Waals surface area (Å²) in [6.07, 6.45) is 1.46. The second kappa shape index (κ2) is 7.87. The smallest absolute Gasteiger partial charge is 0.0674 e. The Morgan fingerprint density at radius 1 is 1.00 bits per heavy atom. The van der Waals surface area contributed by atoms with E-state index in [0.29, 0.717) is 6.42 Å². The minimum Gasteiger partial charge on any atom is -0.392 e. The summed E-state index contributed by atoms with van der Waals surface area (Å²) in [7, 11) is 0. The van der Waals surface area contributed by atoms with Crippen LogP contribution in [0, 0.1) is 0 Å². The zero-order valence-corrected chi connectivity index (χ0v) is 14.0. The van der Waals surface area contributed by atoms with Gasteiger partial charge in [0, 0.05) is 15.1 Å². The van der Waals surface area contributed by atoms with Crippen LogP contribution in [0.15, 0.2) is 57.9 Å². The van der Waals surface area contributed by atoms with Crippen molar-refractivity contribution in [1.29, 1.82) is 0 Å². The van der Waals surface area contributed by atoms with Crippen LogP contribution in [0.25, 0.3) is 0 Å². The molecule has 0 heterocycles. The van der Waals surface area contributed by atoms with Crippen molar-refractivity contribution < 1.29 is 5.11 Å². The minimum absolute atomic E-state index is 0.309. The van der Waals surface area contributed by atoms with E-state index in [0.717, 1.165) is 16.6 Å². The Balaban J connectivity index is 1.82. The fraction of sp³-hybridized carbons (Fsp3) is 0.294. The van der Waals surface area contributed by atoms with E-state index < -0.39 is 0 Å². The molecule has 0 saturated heterocycles. The summed E-state index contributed by atoms with van der Waals surface area (Å²) in [5, 5.41) is 10.1. The van der Waals surface area contributed by atoms with Crippen LogP contribution in [-0.2, 0) is 12.8 Å². The van der Waals surface area contributed by atoms with E-state index >= 15 is 0 Å². The first-order chi connectivity index (χ1) is 9.67. The van der Waals surface area contributed by atoms with Crippen LogP contribution in [0.1, 0.15) is 18.1 Å². The van der Waals surface area contributed by atoms with Gasteiger partial charge in [-0.15, -0.1) is 11.8 Å². The second-order valence-electron chi connectivity index (χ2n) is 4.79. The van der Waals surface area contributed by atoms with Gasteiger partial charge in [-0.1, -0.05) is 47.1 Å². The molecule has 3 heteroatoms. The third-order valence-electron chi connectivity index (χ3n) is 3.16. The second-order valence-corrected chi connectivity index (χ2v) is 6.80. The van der Waals surface area contributed by atoms with Gasteiger partial charge in [0.2, 0.25) is 0 Å². The van der Waals surface area contributed by atoms with Crippen LogP contribution in [0.3, 0.4) is 0 Å². The van der Waals surface area contributed by atoms with E-state index in [-0.39, 0.29) is 6.10 Å². The van der Waals surface area contributed by atoms with Crippen molar-refractivity contribution in [3.63, 3.8) is 0 Å². The molecule has 0 aliphatic rings. The topological polar surface area (TPSA) is 20.2 Å². The van der Waals surface area contributed by atoms with Crippen molar-refractivity contribution in [3.8, 4) is 0 Å². The first-order valence-electron chi connectivity index (χ1n) is 6.81. The Kier molecular flexibility index (Phi) is 6.14. The first-order valence-corrected chi connectivity index (χ1v) is 8.59. The highest BCUT2D eigenvalue weighted by Gasteiger charge is 2.06. The number of rotatable bonds is 6. The Morgan fingerprint density at radius 2 is 1.60 bits per heavy atom. The summed E-state index contributed by atoms with van der Waals surface area (Å²) in [6.45, 7) is 2.15. The maximum Gasteiger partial charge on any atom is 0.0674 e. The van der Waals surface area contributed by atoms with E-state index in [2.05, 4.69) is 59.3 Å². The number of hydrogen-bond donors (Lipinski definition) is 1. The minimum atomic E-state index is -0.309. The molecule has 0 bridgehead atoms. The predicted octanol–water partition coefficient (Wildman–Crippen LogP) is 4.71. The van der Waals surface area contributed by atoms with Crippen molar-refractivity contribution >= 4 is 27.7 Å². The molecule has 1 N–H and O–H groups in total. The molecule has 0 aromatic heterocycles. The van der Waals surface area contributed by atoms with E-state index in [1.54, 1.807) is 11.8 Å². The van der Waals surface area contributed by atoms with Crippen molar-refractivity contribution in [3.05, 3.63) is 64.1 Å². The van der Waals surface area contributed by atoms with E-state index in [9.17, 15) is 5.11 Å². The SMILES string of the molecule is CCc1ccc(CC(O)CSc2ccc(Br)cc2)cc1. The number of halogens is 1. The third-order valence-corrected chi connectivity index (χ3v) is 4.84. The summed E-state index contributed by atoms with van der Waals surface area (Å²) in [6, 6.07) is 16.7. The zero-order chi connectivity index (χ0) is 14.4.